The third kappa shape index (κ3) is 6.51. The lowest BCUT2D eigenvalue weighted by atomic mass is 10.1. The van der Waals surface area contributed by atoms with E-state index >= 15 is 0 Å². The lowest BCUT2D eigenvalue weighted by Crippen LogP contribution is -2.24. The number of amides is 1. The fraction of sp³-hybridized carbons (Fsp3) is 0.350. The zero-order valence-corrected chi connectivity index (χ0v) is 18.0. The monoisotopic (exact) mass is 426 g/mol. The Morgan fingerprint density at radius 3 is 2.46 bits per heavy atom. The van der Waals surface area contributed by atoms with E-state index in [4.69, 9.17) is 19.9 Å². The number of nitrogens with two attached hydrogens (primary N) is 1. The molecule has 0 unspecified atom stereocenters. The molecule has 0 aliphatic rings. The quantitative estimate of drug-likeness (QED) is 0.561. The van der Waals surface area contributed by atoms with Crippen molar-refractivity contribution in [2.75, 3.05) is 32.8 Å². The van der Waals surface area contributed by atoms with Gasteiger partial charge >= 0.3 is 0 Å². The predicted molar refractivity (Wildman–Crippen MR) is 117 cm³/mol. The summed E-state index contributed by atoms with van der Waals surface area (Å²) in [5.74, 6) is 3.08. The standard InChI is InChI=1S/C20H26N2O4S.ClH/c1-24-17-8-6-14(20(23)22-9-4-10-27-3)11-19(17)26-16-7-5-15(13-21)18(12-16)25-2;/h5-8,11-12H,4,9-10,13,21H2,1-3H3,(H,22,23);1H. The van der Waals surface area contributed by atoms with E-state index in [9.17, 15) is 4.79 Å². The van der Waals surface area contributed by atoms with E-state index in [2.05, 4.69) is 5.32 Å². The van der Waals surface area contributed by atoms with Gasteiger partial charge in [-0.2, -0.15) is 11.8 Å². The molecule has 1 amide bonds. The summed E-state index contributed by atoms with van der Waals surface area (Å²) in [6.45, 7) is 1.01. The average molecular weight is 427 g/mol. The van der Waals surface area contributed by atoms with Crippen LogP contribution in [0.25, 0.3) is 0 Å². The molecule has 2 aromatic rings. The topological polar surface area (TPSA) is 82.8 Å². The third-order valence-corrected chi connectivity index (χ3v) is 4.64. The number of hydrogen-bond acceptors (Lipinski definition) is 6. The molecule has 0 radical (unpaired) electrons. The Kier molecular flexibility index (Phi) is 10.6. The van der Waals surface area contributed by atoms with Gasteiger partial charge in [0.15, 0.2) is 11.5 Å². The van der Waals surface area contributed by atoms with Crippen molar-refractivity contribution in [3.05, 3.63) is 47.5 Å². The summed E-state index contributed by atoms with van der Waals surface area (Å²) in [5.41, 5.74) is 7.10. The van der Waals surface area contributed by atoms with Crippen molar-refractivity contribution in [3.8, 4) is 23.0 Å². The van der Waals surface area contributed by atoms with Crippen molar-refractivity contribution in [1.29, 1.82) is 0 Å². The number of carbonyl (C=O) groups excluding carboxylic acids is 1. The minimum Gasteiger partial charge on any atom is -0.496 e. The maximum Gasteiger partial charge on any atom is 0.251 e. The molecular weight excluding hydrogens is 400 g/mol. The summed E-state index contributed by atoms with van der Waals surface area (Å²) >= 11 is 1.76. The first-order valence-corrected chi connectivity index (χ1v) is 10.0. The van der Waals surface area contributed by atoms with Crippen LogP contribution < -0.4 is 25.3 Å². The van der Waals surface area contributed by atoms with Crippen molar-refractivity contribution in [3.63, 3.8) is 0 Å². The summed E-state index contributed by atoms with van der Waals surface area (Å²) in [6, 6.07) is 10.5. The molecule has 8 heteroatoms. The molecule has 0 spiro atoms. The summed E-state index contributed by atoms with van der Waals surface area (Å²) in [5, 5.41) is 2.91. The summed E-state index contributed by atoms with van der Waals surface area (Å²) in [4.78, 5) is 12.3. The number of ether oxygens (including phenoxy) is 3. The lowest BCUT2D eigenvalue weighted by molar-refractivity contribution is 0.0953. The zero-order chi connectivity index (χ0) is 19.6. The first-order valence-electron chi connectivity index (χ1n) is 8.63. The van der Waals surface area contributed by atoms with Gasteiger partial charge in [-0.15, -0.1) is 12.4 Å². The largest absolute Gasteiger partial charge is 0.496 e. The van der Waals surface area contributed by atoms with Crippen molar-refractivity contribution >= 4 is 30.1 Å². The zero-order valence-electron chi connectivity index (χ0n) is 16.3. The highest BCUT2D eigenvalue weighted by atomic mass is 35.5. The van der Waals surface area contributed by atoms with E-state index < -0.39 is 0 Å². The van der Waals surface area contributed by atoms with E-state index in [1.165, 1.54) is 0 Å². The highest BCUT2D eigenvalue weighted by molar-refractivity contribution is 7.98. The molecule has 154 valence electrons. The van der Waals surface area contributed by atoms with Crippen LogP contribution in [0.1, 0.15) is 22.3 Å². The van der Waals surface area contributed by atoms with Gasteiger partial charge in [-0.05, 0) is 42.7 Å². The molecule has 0 heterocycles. The Morgan fingerprint density at radius 1 is 1.07 bits per heavy atom. The van der Waals surface area contributed by atoms with Crippen LogP contribution in [0.3, 0.4) is 0 Å². The molecule has 3 N–H and O–H groups in total. The molecule has 0 aliphatic heterocycles. The van der Waals surface area contributed by atoms with Crippen LogP contribution in [-0.4, -0.2) is 38.7 Å². The number of rotatable bonds is 10. The smallest absolute Gasteiger partial charge is 0.251 e. The second-order valence-corrected chi connectivity index (χ2v) is 6.73. The van der Waals surface area contributed by atoms with Gasteiger partial charge in [0, 0.05) is 30.3 Å². The predicted octanol–water partition coefficient (Wildman–Crippen LogP) is 3.86. The average Bonchev–Trinajstić information content (AvgIpc) is 2.70. The van der Waals surface area contributed by atoms with Gasteiger partial charge in [-0.25, -0.2) is 0 Å². The number of hydrogen-bond donors (Lipinski definition) is 2. The third-order valence-electron chi connectivity index (χ3n) is 3.94. The Balaban J connectivity index is 0.00000392. The molecule has 0 aromatic heterocycles. The molecule has 0 fully saturated rings. The molecule has 2 rings (SSSR count). The number of carbonyl (C=O) groups is 1. The van der Waals surface area contributed by atoms with Crippen molar-refractivity contribution < 1.29 is 19.0 Å². The Labute approximate surface area is 176 Å². The van der Waals surface area contributed by atoms with E-state index in [1.54, 1.807) is 56.3 Å². The lowest BCUT2D eigenvalue weighted by Gasteiger charge is -2.14. The van der Waals surface area contributed by atoms with Gasteiger partial charge in [0.1, 0.15) is 11.5 Å². The van der Waals surface area contributed by atoms with Crippen LogP contribution in [0.2, 0.25) is 0 Å². The fourth-order valence-electron chi connectivity index (χ4n) is 2.50. The number of benzene rings is 2. The van der Waals surface area contributed by atoms with Gasteiger partial charge in [0.05, 0.1) is 14.2 Å². The molecule has 2 aromatic carbocycles. The van der Waals surface area contributed by atoms with Crippen LogP contribution in [0, 0.1) is 0 Å². The van der Waals surface area contributed by atoms with Crippen LogP contribution in [0.4, 0.5) is 0 Å². The molecule has 0 saturated carbocycles. The molecule has 0 saturated heterocycles. The van der Waals surface area contributed by atoms with Crippen molar-refractivity contribution in [2.45, 2.75) is 13.0 Å². The second-order valence-electron chi connectivity index (χ2n) is 5.75. The number of methoxy groups -OCH3 is 2. The van der Waals surface area contributed by atoms with Gasteiger partial charge in [-0.1, -0.05) is 6.07 Å². The first-order chi connectivity index (χ1) is 13.1. The van der Waals surface area contributed by atoms with Crippen LogP contribution in [0.15, 0.2) is 36.4 Å². The van der Waals surface area contributed by atoms with Crippen molar-refractivity contribution in [1.82, 2.24) is 5.32 Å². The highest BCUT2D eigenvalue weighted by Crippen LogP contribution is 2.34. The molecule has 0 atom stereocenters. The highest BCUT2D eigenvalue weighted by Gasteiger charge is 2.13. The van der Waals surface area contributed by atoms with E-state index in [0.717, 1.165) is 17.7 Å². The first kappa shape index (κ1) is 23.9. The minimum atomic E-state index is -0.139. The molecule has 0 bridgehead atoms. The molecule has 6 nitrogen and oxygen atoms in total. The minimum absolute atomic E-state index is 0. The number of nitrogens with one attached hydrogen (secondary N) is 1. The molecular formula is C20H27ClN2O4S. The van der Waals surface area contributed by atoms with Crippen LogP contribution >= 0.6 is 24.2 Å². The van der Waals surface area contributed by atoms with E-state index in [1.807, 2.05) is 12.3 Å². The Bertz CT molecular complexity index is 774. The second kappa shape index (κ2) is 12.4. The normalized spacial score (nSPS) is 10.0. The summed E-state index contributed by atoms with van der Waals surface area (Å²) in [7, 11) is 3.14. The summed E-state index contributed by atoms with van der Waals surface area (Å²) in [6.07, 6.45) is 2.98. The van der Waals surface area contributed by atoms with Crippen molar-refractivity contribution in [2.24, 2.45) is 5.73 Å². The van der Waals surface area contributed by atoms with Gasteiger partial charge < -0.3 is 25.3 Å². The van der Waals surface area contributed by atoms with Gasteiger partial charge in [0.25, 0.3) is 5.91 Å². The molecule has 0 aliphatic carbocycles. The SMILES string of the molecule is COc1cc(Oc2cc(C(=O)NCCCSC)ccc2OC)ccc1CN.Cl. The van der Waals surface area contributed by atoms with Gasteiger partial charge in [0.2, 0.25) is 0 Å². The van der Waals surface area contributed by atoms with Crippen LogP contribution in [0.5, 0.6) is 23.0 Å². The Morgan fingerprint density at radius 2 is 1.82 bits per heavy atom. The van der Waals surface area contributed by atoms with Crippen LogP contribution in [-0.2, 0) is 6.54 Å². The maximum absolute atomic E-state index is 12.3. The van der Waals surface area contributed by atoms with Gasteiger partial charge in [-0.3, -0.25) is 4.79 Å². The number of thioether (sulfide) groups is 1. The fourth-order valence-corrected chi connectivity index (χ4v) is 2.94. The van der Waals surface area contributed by atoms with E-state index in [-0.39, 0.29) is 18.3 Å². The number of halogens is 1. The van der Waals surface area contributed by atoms with E-state index in [0.29, 0.717) is 41.7 Å². The maximum atomic E-state index is 12.3. The molecule has 28 heavy (non-hydrogen) atoms. The summed E-state index contributed by atoms with van der Waals surface area (Å²) < 4.78 is 16.6. The Hall–Kier alpha value is -2.09.